The zero-order valence-corrected chi connectivity index (χ0v) is 14.5. The third-order valence-corrected chi connectivity index (χ3v) is 5.03. The maximum absolute atomic E-state index is 12.3. The van der Waals surface area contributed by atoms with Gasteiger partial charge in [-0.25, -0.2) is 0 Å². The van der Waals surface area contributed by atoms with Gasteiger partial charge in [0.05, 0.1) is 0 Å². The van der Waals surface area contributed by atoms with Gasteiger partial charge in [0.25, 0.3) is 0 Å². The fourth-order valence-electron chi connectivity index (χ4n) is 3.69. The van der Waals surface area contributed by atoms with Crippen molar-refractivity contribution < 1.29 is 9.59 Å². The molecule has 1 aliphatic heterocycles. The number of rotatable bonds is 5. The highest BCUT2D eigenvalue weighted by atomic mass is 16.2. The molecule has 1 aromatic carbocycles. The van der Waals surface area contributed by atoms with Crippen molar-refractivity contribution >= 4 is 23.2 Å². The number of amides is 2. The van der Waals surface area contributed by atoms with Crippen molar-refractivity contribution in [1.29, 1.82) is 0 Å². The molecule has 1 aromatic rings. The van der Waals surface area contributed by atoms with Crippen LogP contribution < -0.4 is 15.1 Å². The van der Waals surface area contributed by atoms with Gasteiger partial charge in [0.2, 0.25) is 11.8 Å². The van der Waals surface area contributed by atoms with Crippen LogP contribution in [0, 0.1) is 0 Å². The van der Waals surface area contributed by atoms with Crippen molar-refractivity contribution in [2.75, 3.05) is 29.4 Å². The molecule has 1 aliphatic carbocycles. The van der Waals surface area contributed by atoms with Crippen molar-refractivity contribution in [3.63, 3.8) is 0 Å². The number of nitrogens with zero attached hydrogens (tertiary/aromatic N) is 2. The molecule has 0 unspecified atom stereocenters. The lowest BCUT2D eigenvalue weighted by atomic mass is 10.2. The minimum atomic E-state index is -0.106. The summed E-state index contributed by atoms with van der Waals surface area (Å²) < 4.78 is 0. The lowest BCUT2D eigenvalue weighted by Crippen LogP contribution is -2.43. The molecule has 0 atom stereocenters. The molecule has 0 radical (unpaired) electrons. The van der Waals surface area contributed by atoms with Gasteiger partial charge in [-0.15, -0.1) is 0 Å². The van der Waals surface area contributed by atoms with Crippen LogP contribution in [-0.2, 0) is 9.59 Å². The summed E-state index contributed by atoms with van der Waals surface area (Å²) in [6, 6.07) is 8.26. The van der Waals surface area contributed by atoms with Crippen LogP contribution in [0.15, 0.2) is 24.3 Å². The van der Waals surface area contributed by atoms with Crippen LogP contribution in [0.5, 0.6) is 0 Å². The largest absolute Gasteiger partial charge is 0.372 e. The SMILES string of the molecule is CC(=O)N(CC(=O)NC1CCCC1)c1ccc(N2CCCC2)cc1. The van der Waals surface area contributed by atoms with Gasteiger partial charge in [-0.05, 0) is 49.9 Å². The lowest BCUT2D eigenvalue weighted by Gasteiger charge is -2.23. The number of anilines is 2. The van der Waals surface area contributed by atoms with Gasteiger partial charge in [0.15, 0.2) is 0 Å². The van der Waals surface area contributed by atoms with E-state index < -0.39 is 0 Å². The van der Waals surface area contributed by atoms with Crippen LogP contribution >= 0.6 is 0 Å². The first-order valence-corrected chi connectivity index (χ1v) is 9.06. The highest BCUT2D eigenvalue weighted by molar-refractivity contribution is 5.97. The second-order valence-corrected chi connectivity index (χ2v) is 6.86. The summed E-state index contributed by atoms with van der Waals surface area (Å²) in [5, 5.41) is 3.05. The Morgan fingerprint density at radius 3 is 2.29 bits per heavy atom. The fraction of sp³-hybridized carbons (Fsp3) is 0.579. The molecule has 24 heavy (non-hydrogen) atoms. The molecule has 0 aromatic heterocycles. The molecule has 3 rings (SSSR count). The van der Waals surface area contributed by atoms with Crippen molar-refractivity contribution in [2.45, 2.75) is 51.5 Å². The fourth-order valence-corrected chi connectivity index (χ4v) is 3.69. The summed E-state index contributed by atoms with van der Waals surface area (Å²) >= 11 is 0. The van der Waals surface area contributed by atoms with Crippen molar-refractivity contribution in [1.82, 2.24) is 5.32 Å². The zero-order valence-electron chi connectivity index (χ0n) is 14.5. The molecule has 0 spiro atoms. The van der Waals surface area contributed by atoms with Crippen LogP contribution in [0.1, 0.15) is 45.4 Å². The highest BCUT2D eigenvalue weighted by Gasteiger charge is 2.21. The Morgan fingerprint density at radius 2 is 1.71 bits per heavy atom. The number of benzene rings is 1. The maximum atomic E-state index is 12.3. The summed E-state index contributed by atoms with van der Waals surface area (Å²) in [6.07, 6.45) is 6.94. The molecule has 0 bridgehead atoms. The Hall–Kier alpha value is -2.04. The monoisotopic (exact) mass is 329 g/mol. The summed E-state index contributed by atoms with van der Waals surface area (Å²) in [5.74, 6) is -0.175. The van der Waals surface area contributed by atoms with Gasteiger partial charge >= 0.3 is 0 Å². The quantitative estimate of drug-likeness (QED) is 0.904. The van der Waals surface area contributed by atoms with E-state index in [-0.39, 0.29) is 24.4 Å². The number of carbonyl (C=O) groups is 2. The smallest absolute Gasteiger partial charge is 0.240 e. The molecule has 2 fully saturated rings. The minimum absolute atomic E-state index is 0.0688. The van der Waals surface area contributed by atoms with E-state index in [0.717, 1.165) is 31.6 Å². The van der Waals surface area contributed by atoms with E-state index in [0.29, 0.717) is 0 Å². The van der Waals surface area contributed by atoms with Crippen molar-refractivity contribution in [3.8, 4) is 0 Å². The molecule has 2 aliphatic rings. The average Bonchev–Trinajstić information content (AvgIpc) is 3.26. The van der Waals surface area contributed by atoms with Gasteiger partial charge < -0.3 is 15.1 Å². The first-order chi connectivity index (χ1) is 11.6. The van der Waals surface area contributed by atoms with Crippen LogP contribution in [0.3, 0.4) is 0 Å². The second kappa shape index (κ2) is 7.69. The van der Waals surface area contributed by atoms with E-state index in [9.17, 15) is 9.59 Å². The van der Waals surface area contributed by atoms with Crippen LogP contribution in [-0.4, -0.2) is 37.5 Å². The molecule has 2 amide bonds. The maximum Gasteiger partial charge on any atom is 0.240 e. The van der Waals surface area contributed by atoms with Crippen molar-refractivity contribution in [3.05, 3.63) is 24.3 Å². The van der Waals surface area contributed by atoms with Crippen LogP contribution in [0.25, 0.3) is 0 Å². The Bertz CT molecular complexity index is 573. The Morgan fingerprint density at radius 1 is 1.08 bits per heavy atom. The van der Waals surface area contributed by atoms with Gasteiger partial charge in [0.1, 0.15) is 6.54 Å². The summed E-state index contributed by atoms with van der Waals surface area (Å²) in [5.41, 5.74) is 1.97. The number of nitrogens with one attached hydrogen (secondary N) is 1. The van der Waals surface area contributed by atoms with Gasteiger partial charge in [0, 0.05) is 37.4 Å². The first-order valence-electron chi connectivity index (χ1n) is 9.06. The molecule has 130 valence electrons. The van der Waals surface area contributed by atoms with E-state index in [4.69, 9.17) is 0 Å². The molecular formula is C19H27N3O2. The number of carbonyl (C=O) groups excluding carboxylic acids is 2. The van der Waals surface area contributed by atoms with Crippen LogP contribution in [0.2, 0.25) is 0 Å². The van der Waals surface area contributed by atoms with E-state index >= 15 is 0 Å². The topological polar surface area (TPSA) is 52.7 Å². The van der Waals surface area contributed by atoms with E-state index in [1.165, 1.54) is 38.3 Å². The average molecular weight is 329 g/mol. The predicted molar refractivity (Wildman–Crippen MR) is 96.3 cm³/mol. The molecule has 1 saturated heterocycles. The summed E-state index contributed by atoms with van der Waals surface area (Å²) in [7, 11) is 0. The zero-order chi connectivity index (χ0) is 16.9. The van der Waals surface area contributed by atoms with Crippen molar-refractivity contribution in [2.24, 2.45) is 0 Å². The van der Waals surface area contributed by atoms with Crippen LogP contribution in [0.4, 0.5) is 11.4 Å². The summed E-state index contributed by atoms with van der Waals surface area (Å²) in [6.45, 7) is 3.80. The summed E-state index contributed by atoms with van der Waals surface area (Å²) in [4.78, 5) is 28.2. The number of hydrogen-bond donors (Lipinski definition) is 1. The van der Waals surface area contributed by atoms with Gasteiger partial charge in [-0.3, -0.25) is 9.59 Å². The van der Waals surface area contributed by atoms with E-state index in [1.54, 1.807) is 4.90 Å². The second-order valence-electron chi connectivity index (χ2n) is 6.86. The first kappa shape index (κ1) is 16.8. The molecular weight excluding hydrogens is 302 g/mol. The van der Waals surface area contributed by atoms with Gasteiger partial charge in [-0.2, -0.15) is 0 Å². The molecule has 1 heterocycles. The lowest BCUT2D eigenvalue weighted by molar-refractivity contribution is -0.123. The standard InChI is InChI=1S/C19H27N3O2/c1-15(23)22(14-19(24)20-16-6-2-3-7-16)18-10-8-17(9-11-18)21-12-4-5-13-21/h8-11,16H,2-7,12-14H2,1H3,(H,20,24). The third-order valence-electron chi connectivity index (χ3n) is 5.03. The van der Waals surface area contributed by atoms with E-state index in [1.807, 2.05) is 24.3 Å². The molecule has 1 saturated carbocycles. The predicted octanol–water partition coefficient (Wildman–Crippen LogP) is 2.70. The Balaban J connectivity index is 1.63. The molecule has 1 N–H and O–H groups in total. The molecule has 5 heteroatoms. The van der Waals surface area contributed by atoms with Gasteiger partial charge in [-0.1, -0.05) is 12.8 Å². The van der Waals surface area contributed by atoms with E-state index in [2.05, 4.69) is 10.2 Å². The highest BCUT2D eigenvalue weighted by Crippen LogP contribution is 2.24. The number of hydrogen-bond acceptors (Lipinski definition) is 3. The normalized spacial score (nSPS) is 18.0. The Kier molecular flexibility index (Phi) is 5.38. The Labute approximate surface area is 144 Å². The minimum Gasteiger partial charge on any atom is -0.372 e. The molecule has 5 nitrogen and oxygen atoms in total. The third kappa shape index (κ3) is 4.08.